The minimum absolute atomic E-state index is 0.0611. The van der Waals surface area contributed by atoms with Gasteiger partial charge in [0.1, 0.15) is 0 Å². The number of aromatic amines is 1. The molecule has 2 aromatic carbocycles. The minimum atomic E-state index is -0.0611. The Balaban J connectivity index is 1.85. The maximum Gasteiger partial charge on any atom is 0.253 e. The number of anilines is 1. The Labute approximate surface area is 183 Å². The molecule has 0 spiro atoms. The van der Waals surface area contributed by atoms with Crippen molar-refractivity contribution in [2.75, 3.05) is 31.5 Å². The average Bonchev–Trinajstić information content (AvgIpc) is 2.74. The van der Waals surface area contributed by atoms with Crippen LogP contribution in [0.4, 0.5) is 5.69 Å². The van der Waals surface area contributed by atoms with E-state index in [-0.39, 0.29) is 5.56 Å². The monoisotopic (exact) mass is 423 g/mol. The molecule has 1 aromatic heterocycles. The van der Waals surface area contributed by atoms with Crippen LogP contribution in [0.25, 0.3) is 10.9 Å². The lowest BCUT2D eigenvalue weighted by atomic mass is 10.1. The van der Waals surface area contributed by atoms with E-state index < -0.39 is 0 Å². The predicted molar refractivity (Wildman–Crippen MR) is 129 cm³/mol. The van der Waals surface area contributed by atoms with Crippen LogP contribution in [0, 0.1) is 6.92 Å². The van der Waals surface area contributed by atoms with Gasteiger partial charge in [-0.3, -0.25) is 4.79 Å². The number of aromatic nitrogens is 1. The molecule has 158 valence electrons. The van der Waals surface area contributed by atoms with E-state index in [1.807, 2.05) is 48.5 Å². The van der Waals surface area contributed by atoms with E-state index >= 15 is 0 Å². The van der Waals surface area contributed by atoms with Crippen LogP contribution in [-0.2, 0) is 6.54 Å². The van der Waals surface area contributed by atoms with E-state index in [1.165, 1.54) is 10.5 Å². The first kappa shape index (κ1) is 22.0. The number of quaternary nitrogens is 1. The summed E-state index contributed by atoms with van der Waals surface area (Å²) in [5.41, 5.74) is 3.64. The first-order valence-corrected chi connectivity index (χ1v) is 11.0. The third kappa shape index (κ3) is 5.68. The van der Waals surface area contributed by atoms with Crippen LogP contribution in [0.5, 0.6) is 0 Å². The lowest BCUT2D eigenvalue weighted by Gasteiger charge is -2.27. The van der Waals surface area contributed by atoms with Crippen LogP contribution in [0.1, 0.15) is 25.0 Å². The Morgan fingerprint density at radius 2 is 1.83 bits per heavy atom. The second-order valence-electron chi connectivity index (χ2n) is 7.64. The number of thiocarbonyl (C=S) groups is 1. The Bertz CT molecular complexity index is 1040. The molecular formula is C24H31N4OS+. The molecule has 5 nitrogen and oxygen atoms in total. The number of hydrogen-bond acceptors (Lipinski definition) is 2. The molecule has 0 bridgehead atoms. The fourth-order valence-corrected chi connectivity index (χ4v) is 3.84. The molecule has 3 N–H and O–H groups in total. The van der Waals surface area contributed by atoms with Crippen LogP contribution in [0.2, 0.25) is 0 Å². The van der Waals surface area contributed by atoms with Crippen LogP contribution >= 0.6 is 12.2 Å². The summed E-state index contributed by atoms with van der Waals surface area (Å²) in [6.07, 6.45) is 0. The number of benzene rings is 2. The molecule has 6 heteroatoms. The van der Waals surface area contributed by atoms with Crippen LogP contribution < -0.4 is 15.8 Å². The van der Waals surface area contributed by atoms with E-state index in [2.05, 4.69) is 42.0 Å². The lowest BCUT2D eigenvalue weighted by molar-refractivity contribution is -0.895. The number of likely N-dealkylation sites (N-methyl/N-ethyl adjacent to an activating group) is 1. The molecule has 0 radical (unpaired) electrons. The first-order valence-electron chi connectivity index (χ1n) is 10.6. The van der Waals surface area contributed by atoms with Gasteiger partial charge in [-0.1, -0.05) is 29.8 Å². The van der Waals surface area contributed by atoms with Crippen LogP contribution in [0.3, 0.4) is 0 Å². The zero-order valence-electron chi connectivity index (χ0n) is 18.0. The summed E-state index contributed by atoms with van der Waals surface area (Å²) < 4.78 is 0. The Morgan fingerprint density at radius 3 is 2.53 bits per heavy atom. The van der Waals surface area contributed by atoms with Crippen molar-refractivity contribution < 1.29 is 4.90 Å². The van der Waals surface area contributed by atoms with Gasteiger partial charge in [0, 0.05) is 16.8 Å². The second-order valence-corrected chi connectivity index (χ2v) is 8.03. The third-order valence-electron chi connectivity index (χ3n) is 5.49. The van der Waals surface area contributed by atoms with Crippen molar-refractivity contribution in [1.82, 2.24) is 9.88 Å². The number of rotatable bonds is 8. The molecule has 0 fully saturated rings. The summed E-state index contributed by atoms with van der Waals surface area (Å²) in [4.78, 5) is 19.4. The topological polar surface area (TPSA) is 52.6 Å². The van der Waals surface area contributed by atoms with Gasteiger partial charge in [-0.15, -0.1) is 0 Å². The number of nitrogens with zero attached hydrogens (tertiary/aromatic N) is 1. The molecule has 0 saturated carbocycles. The van der Waals surface area contributed by atoms with Gasteiger partial charge >= 0.3 is 0 Å². The Hall–Kier alpha value is -2.70. The molecule has 0 aliphatic carbocycles. The minimum Gasteiger partial charge on any atom is -0.339 e. The fraction of sp³-hybridized carbons (Fsp3) is 0.333. The molecule has 3 aromatic rings. The van der Waals surface area contributed by atoms with Crippen molar-refractivity contribution in [3.8, 4) is 0 Å². The zero-order valence-corrected chi connectivity index (χ0v) is 18.8. The second kappa shape index (κ2) is 10.4. The number of para-hydroxylation sites is 1. The number of H-pyrrole nitrogens is 1. The van der Waals surface area contributed by atoms with E-state index in [0.717, 1.165) is 48.3 Å². The molecule has 0 amide bonds. The average molecular weight is 424 g/mol. The van der Waals surface area contributed by atoms with Gasteiger partial charge < -0.3 is 20.1 Å². The Morgan fingerprint density at radius 1 is 1.10 bits per heavy atom. The van der Waals surface area contributed by atoms with Crippen molar-refractivity contribution in [2.45, 2.75) is 27.3 Å². The summed E-state index contributed by atoms with van der Waals surface area (Å²) in [6.45, 7) is 10.8. The predicted octanol–water partition coefficient (Wildman–Crippen LogP) is 2.96. The number of aryl methyl sites for hydroxylation is 1. The van der Waals surface area contributed by atoms with Gasteiger partial charge in [0.2, 0.25) is 0 Å². The number of nitrogens with one attached hydrogen (secondary N) is 3. The smallest absolute Gasteiger partial charge is 0.253 e. The molecule has 0 aliphatic rings. The normalized spacial score (nSPS) is 11.1. The summed E-state index contributed by atoms with van der Waals surface area (Å²) >= 11 is 5.73. The standard InChI is InChI=1S/C24H30N4OS/c1-4-27(5-2)13-14-28(24(30)25-21-9-7-6-8-10-21)17-20-16-19-15-18(3)11-12-22(19)26-23(20)29/h6-12,15-16H,4-5,13-14,17H2,1-3H3,(H,25,30)(H,26,29)/p+1. The van der Waals surface area contributed by atoms with Gasteiger partial charge in [-0.05, 0) is 68.7 Å². The van der Waals surface area contributed by atoms with Gasteiger partial charge in [0.15, 0.2) is 5.11 Å². The fourth-order valence-electron chi connectivity index (χ4n) is 3.57. The van der Waals surface area contributed by atoms with Crippen molar-refractivity contribution in [3.63, 3.8) is 0 Å². The zero-order chi connectivity index (χ0) is 21.5. The molecule has 0 atom stereocenters. The van der Waals surface area contributed by atoms with E-state index in [4.69, 9.17) is 12.2 Å². The molecule has 30 heavy (non-hydrogen) atoms. The van der Waals surface area contributed by atoms with Crippen LogP contribution in [0.15, 0.2) is 59.4 Å². The van der Waals surface area contributed by atoms with Gasteiger partial charge in [-0.2, -0.15) is 0 Å². The summed E-state index contributed by atoms with van der Waals surface area (Å²) in [7, 11) is 0. The van der Waals surface area contributed by atoms with Crippen molar-refractivity contribution >= 4 is 33.9 Å². The van der Waals surface area contributed by atoms with Gasteiger partial charge in [0.05, 0.1) is 32.7 Å². The van der Waals surface area contributed by atoms with E-state index in [0.29, 0.717) is 11.7 Å². The highest BCUT2D eigenvalue weighted by atomic mass is 32.1. The quantitative estimate of drug-likeness (QED) is 0.488. The van der Waals surface area contributed by atoms with Crippen LogP contribution in [-0.4, -0.2) is 41.2 Å². The van der Waals surface area contributed by atoms with Crippen molar-refractivity contribution in [1.29, 1.82) is 0 Å². The highest BCUT2D eigenvalue weighted by Crippen LogP contribution is 2.15. The maximum absolute atomic E-state index is 12.7. The van der Waals surface area contributed by atoms with E-state index in [1.54, 1.807) is 0 Å². The highest BCUT2D eigenvalue weighted by molar-refractivity contribution is 7.80. The first-order chi connectivity index (χ1) is 14.5. The molecule has 0 aliphatic heterocycles. The highest BCUT2D eigenvalue weighted by Gasteiger charge is 2.16. The van der Waals surface area contributed by atoms with Gasteiger partial charge in [-0.25, -0.2) is 0 Å². The maximum atomic E-state index is 12.7. The number of hydrogen-bond donors (Lipinski definition) is 3. The van der Waals surface area contributed by atoms with Crippen molar-refractivity contribution in [3.05, 3.63) is 76.1 Å². The number of pyridine rings is 1. The molecule has 1 heterocycles. The lowest BCUT2D eigenvalue weighted by Crippen LogP contribution is -3.12. The largest absolute Gasteiger partial charge is 0.339 e. The summed E-state index contributed by atoms with van der Waals surface area (Å²) in [5, 5.41) is 5.00. The van der Waals surface area contributed by atoms with E-state index in [9.17, 15) is 4.79 Å². The molecule has 3 rings (SSSR count). The third-order valence-corrected chi connectivity index (χ3v) is 5.85. The van der Waals surface area contributed by atoms with Crippen molar-refractivity contribution in [2.24, 2.45) is 0 Å². The Kier molecular flexibility index (Phi) is 7.60. The molecule has 0 unspecified atom stereocenters. The summed E-state index contributed by atoms with van der Waals surface area (Å²) in [5.74, 6) is 0. The molecular weight excluding hydrogens is 392 g/mol. The van der Waals surface area contributed by atoms with Gasteiger partial charge in [0.25, 0.3) is 5.56 Å². The SMILES string of the molecule is CC[NH+](CC)CCN(Cc1cc2cc(C)ccc2[nH]c1=O)C(=S)Nc1ccccc1. The number of fused-ring (bicyclic) bond motifs is 1. The summed E-state index contributed by atoms with van der Waals surface area (Å²) in [6, 6.07) is 18.0. The molecule has 0 saturated heterocycles.